The highest BCUT2D eigenvalue weighted by Crippen LogP contribution is 2.47. The van der Waals surface area contributed by atoms with Crippen LogP contribution in [0.2, 0.25) is 10.0 Å². The lowest BCUT2D eigenvalue weighted by molar-refractivity contribution is -0.144. The number of alkyl halides is 1. The molecule has 4 rings (SSSR count). The van der Waals surface area contributed by atoms with Gasteiger partial charge in [-0.25, -0.2) is 0 Å². The van der Waals surface area contributed by atoms with E-state index in [1.165, 1.54) is 0 Å². The summed E-state index contributed by atoms with van der Waals surface area (Å²) in [5.41, 5.74) is 6.75. The Morgan fingerprint density at radius 1 is 1.06 bits per heavy atom. The summed E-state index contributed by atoms with van der Waals surface area (Å²) in [6, 6.07) is 12.2. The van der Waals surface area contributed by atoms with E-state index in [-0.39, 0.29) is 23.8 Å². The van der Waals surface area contributed by atoms with Gasteiger partial charge in [0.2, 0.25) is 11.8 Å². The van der Waals surface area contributed by atoms with E-state index in [1.54, 1.807) is 29.2 Å². The van der Waals surface area contributed by atoms with Gasteiger partial charge in [-0.05, 0) is 54.7 Å². The molecule has 3 N–H and O–H groups in total. The van der Waals surface area contributed by atoms with Gasteiger partial charge < -0.3 is 16.0 Å². The molecular formula is C24H24Cl3N3O3. The summed E-state index contributed by atoms with van der Waals surface area (Å²) in [4.78, 5) is 39.6. The fourth-order valence-electron chi connectivity index (χ4n) is 4.38. The van der Waals surface area contributed by atoms with Crippen molar-refractivity contribution in [2.24, 2.45) is 11.1 Å². The molecule has 0 bridgehead atoms. The number of likely N-dealkylation sites (tertiary alicyclic amines) is 1. The van der Waals surface area contributed by atoms with Crippen LogP contribution in [0.25, 0.3) is 0 Å². The average Bonchev–Trinajstić information content (AvgIpc) is 3.63. The zero-order valence-corrected chi connectivity index (χ0v) is 20.1. The van der Waals surface area contributed by atoms with Gasteiger partial charge >= 0.3 is 0 Å². The lowest BCUT2D eigenvalue weighted by atomic mass is 9.85. The number of nitrogens with two attached hydrogens (primary N) is 1. The third-order valence-electron chi connectivity index (χ3n) is 6.59. The number of carbonyl (C=O) groups is 3. The molecule has 0 aromatic heterocycles. The molecule has 2 unspecified atom stereocenters. The van der Waals surface area contributed by atoms with Crippen LogP contribution >= 0.6 is 34.8 Å². The van der Waals surface area contributed by atoms with Crippen molar-refractivity contribution >= 4 is 52.5 Å². The maximum Gasteiger partial charge on any atom is 0.251 e. The molecule has 2 aromatic rings. The number of nitrogens with one attached hydrogen (secondary N) is 1. The summed E-state index contributed by atoms with van der Waals surface area (Å²) in [7, 11) is 0. The van der Waals surface area contributed by atoms with E-state index < -0.39 is 11.3 Å². The fourth-order valence-corrected chi connectivity index (χ4v) is 4.86. The Balaban J connectivity index is 1.57. The molecular weight excluding hydrogens is 485 g/mol. The average molecular weight is 509 g/mol. The first kappa shape index (κ1) is 23.9. The molecule has 2 aromatic carbocycles. The topological polar surface area (TPSA) is 92.5 Å². The highest BCUT2D eigenvalue weighted by Gasteiger charge is 2.57. The zero-order chi connectivity index (χ0) is 23.8. The summed E-state index contributed by atoms with van der Waals surface area (Å²) in [5, 5.41) is 3.94. The number of hydrogen-bond donors (Lipinski definition) is 2. The van der Waals surface area contributed by atoms with Gasteiger partial charge in [0.25, 0.3) is 5.91 Å². The van der Waals surface area contributed by atoms with E-state index in [0.29, 0.717) is 53.8 Å². The number of carbonyl (C=O) groups excluding carboxylic acids is 3. The van der Waals surface area contributed by atoms with Crippen LogP contribution < -0.4 is 11.1 Å². The second-order valence-electron chi connectivity index (χ2n) is 8.68. The Morgan fingerprint density at radius 2 is 1.76 bits per heavy atom. The molecule has 6 nitrogen and oxygen atoms in total. The number of benzene rings is 2. The summed E-state index contributed by atoms with van der Waals surface area (Å²) < 4.78 is 0. The van der Waals surface area contributed by atoms with Crippen LogP contribution in [0, 0.1) is 5.41 Å². The van der Waals surface area contributed by atoms with E-state index >= 15 is 0 Å². The van der Waals surface area contributed by atoms with Crippen molar-refractivity contribution < 1.29 is 14.4 Å². The monoisotopic (exact) mass is 507 g/mol. The molecule has 1 saturated heterocycles. The van der Waals surface area contributed by atoms with Crippen molar-refractivity contribution in [3.8, 4) is 0 Å². The SMILES string of the molecule is NC(=O)C1(C(=O)N2CCC(NC(=O)c3ccc(CCl)cc3)C(c3ccc(Cl)c(Cl)c3)C2)CC1. The van der Waals surface area contributed by atoms with Gasteiger partial charge in [-0.1, -0.05) is 41.4 Å². The molecule has 1 heterocycles. The molecule has 1 saturated carbocycles. The quantitative estimate of drug-likeness (QED) is 0.454. The number of rotatable bonds is 6. The summed E-state index contributed by atoms with van der Waals surface area (Å²) in [6.07, 6.45) is 1.48. The lowest BCUT2D eigenvalue weighted by Crippen LogP contribution is -2.54. The van der Waals surface area contributed by atoms with Crippen LogP contribution in [0.15, 0.2) is 42.5 Å². The molecule has 0 radical (unpaired) electrons. The Kier molecular flexibility index (Phi) is 6.89. The van der Waals surface area contributed by atoms with Crippen LogP contribution in [0.3, 0.4) is 0 Å². The van der Waals surface area contributed by atoms with E-state index in [2.05, 4.69) is 5.32 Å². The van der Waals surface area contributed by atoms with E-state index in [4.69, 9.17) is 40.5 Å². The summed E-state index contributed by atoms with van der Waals surface area (Å²) in [6.45, 7) is 0.754. The second-order valence-corrected chi connectivity index (χ2v) is 9.76. The van der Waals surface area contributed by atoms with Gasteiger partial charge in [0.05, 0.1) is 10.0 Å². The van der Waals surface area contributed by atoms with Gasteiger partial charge in [-0.15, -0.1) is 11.6 Å². The Morgan fingerprint density at radius 3 is 2.33 bits per heavy atom. The molecule has 9 heteroatoms. The van der Waals surface area contributed by atoms with Gasteiger partial charge in [0.1, 0.15) is 5.41 Å². The third kappa shape index (κ3) is 4.84. The highest BCUT2D eigenvalue weighted by atomic mass is 35.5. The minimum absolute atomic E-state index is 0.207. The van der Waals surface area contributed by atoms with Crippen molar-refractivity contribution in [3.05, 3.63) is 69.2 Å². The number of piperidine rings is 1. The van der Waals surface area contributed by atoms with Gasteiger partial charge in [-0.3, -0.25) is 14.4 Å². The maximum absolute atomic E-state index is 13.1. The minimum Gasteiger partial charge on any atom is -0.369 e. The molecule has 2 aliphatic rings. The van der Waals surface area contributed by atoms with Crippen molar-refractivity contribution in [2.75, 3.05) is 13.1 Å². The largest absolute Gasteiger partial charge is 0.369 e. The summed E-state index contributed by atoms with van der Waals surface area (Å²) >= 11 is 18.2. The predicted molar refractivity (Wildman–Crippen MR) is 129 cm³/mol. The predicted octanol–water partition coefficient (Wildman–Crippen LogP) is 4.11. The van der Waals surface area contributed by atoms with Crippen LogP contribution in [0.4, 0.5) is 0 Å². The maximum atomic E-state index is 13.1. The standard InChI is InChI=1S/C24H24Cl3N3O3/c25-12-14-1-3-15(4-2-14)21(31)29-20-7-10-30(23(33)24(8-9-24)22(28)32)13-17(20)16-5-6-18(26)19(27)11-16/h1-6,11,17,20H,7-10,12-13H2,(H2,28,32)(H,29,31). The van der Waals surface area contributed by atoms with E-state index in [9.17, 15) is 14.4 Å². The molecule has 33 heavy (non-hydrogen) atoms. The number of halogens is 3. The molecule has 0 spiro atoms. The first-order valence-electron chi connectivity index (χ1n) is 10.7. The molecule has 2 fully saturated rings. The Labute approximate surface area is 207 Å². The van der Waals surface area contributed by atoms with Crippen molar-refractivity contribution in [3.63, 3.8) is 0 Å². The van der Waals surface area contributed by atoms with Crippen LogP contribution in [-0.2, 0) is 15.5 Å². The first-order chi connectivity index (χ1) is 15.7. The molecule has 1 aliphatic carbocycles. The molecule has 1 aliphatic heterocycles. The smallest absolute Gasteiger partial charge is 0.251 e. The van der Waals surface area contributed by atoms with Crippen molar-refractivity contribution in [2.45, 2.75) is 37.1 Å². The molecule has 174 valence electrons. The first-order valence-corrected chi connectivity index (χ1v) is 12.0. The van der Waals surface area contributed by atoms with Gasteiger partial charge in [-0.2, -0.15) is 0 Å². The third-order valence-corrected chi connectivity index (χ3v) is 7.64. The Hall–Kier alpha value is -2.28. The van der Waals surface area contributed by atoms with E-state index in [0.717, 1.165) is 11.1 Å². The summed E-state index contributed by atoms with van der Waals surface area (Å²) in [5.74, 6) is -0.870. The Bertz CT molecular complexity index is 1090. The molecule has 3 amide bonds. The van der Waals surface area contributed by atoms with Crippen LogP contribution in [0.5, 0.6) is 0 Å². The van der Waals surface area contributed by atoms with Crippen molar-refractivity contribution in [1.82, 2.24) is 10.2 Å². The number of primary amides is 1. The fraction of sp³-hybridized carbons (Fsp3) is 0.375. The molecule has 2 atom stereocenters. The minimum atomic E-state index is -1.08. The number of amides is 3. The number of hydrogen-bond acceptors (Lipinski definition) is 3. The van der Waals surface area contributed by atoms with Crippen molar-refractivity contribution in [1.29, 1.82) is 0 Å². The normalized spacial score (nSPS) is 21.4. The second kappa shape index (κ2) is 9.53. The van der Waals surface area contributed by atoms with Crippen LogP contribution in [0.1, 0.15) is 46.7 Å². The van der Waals surface area contributed by atoms with Gasteiger partial charge in [0.15, 0.2) is 0 Å². The van der Waals surface area contributed by atoms with Crippen LogP contribution in [-0.4, -0.2) is 41.8 Å². The number of nitrogens with zero attached hydrogens (tertiary/aromatic N) is 1. The van der Waals surface area contributed by atoms with Gasteiger partial charge in [0, 0.05) is 36.5 Å². The lowest BCUT2D eigenvalue weighted by Gasteiger charge is -2.40. The zero-order valence-electron chi connectivity index (χ0n) is 17.8. The highest BCUT2D eigenvalue weighted by molar-refractivity contribution is 6.42. The van der Waals surface area contributed by atoms with E-state index in [1.807, 2.05) is 18.2 Å².